The van der Waals surface area contributed by atoms with Crippen LogP contribution in [0.15, 0.2) is 4.99 Å². The van der Waals surface area contributed by atoms with Crippen molar-refractivity contribution in [2.45, 2.75) is 19.8 Å². The molecule has 0 saturated heterocycles. The van der Waals surface area contributed by atoms with Gasteiger partial charge in [-0.1, -0.05) is 6.92 Å². The monoisotopic (exact) mass is 173 g/mol. The van der Waals surface area contributed by atoms with Gasteiger partial charge in [0.15, 0.2) is 5.96 Å². The molecule has 0 spiro atoms. The van der Waals surface area contributed by atoms with Crippen LogP contribution in [-0.4, -0.2) is 23.6 Å². The fraction of sp³-hybridized carbons (Fsp3) is 0.714. The van der Waals surface area contributed by atoms with Crippen molar-refractivity contribution in [3.63, 3.8) is 0 Å². The summed E-state index contributed by atoms with van der Waals surface area (Å²) in [6.45, 7) is 2.16. The molecule has 0 rings (SSSR count). The summed E-state index contributed by atoms with van der Waals surface area (Å²) < 4.78 is 0. The van der Waals surface area contributed by atoms with Gasteiger partial charge < -0.3 is 16.6 Å². The lowest BCUT2D eigenvalue weighted by Gasteiger charge is -2.02. The van der Waals surface area contributed by atoms with Crippen LogP contribution in [0.1, 0.15) is 19.8 Å². The van der Waals surface area contributed by atoms with Crippen molar-refractivity contribution in [3.05, 3.63) is 0 Å². The minimum Gasteiger partial charge on any atom is -0.481 e. The molecule has 0 radical (unpaired) electrons. The van der Waals surface area contributed by atoms with Crippen molar-refractivity contribution in [2.24, 2.45) is 22.4 Å². The van der Waals surface area contributed by atoms with E-state index >= 15 is 0 Å². The van der Waals surface area contributed by atoms with Crippen LogP contribution in [0.2, 0.25) is 0 Å². The third-order valence-electron chi connectivity index (χ3n) is 1.51. The van der Waals surface area contributed by atoms with E-state index in [1.165, 1.54) is 0 Å². The smallest absolute Gasteiger partial charge is 0.306 e. The molecule has 5 N–H and O–H groups in total. The second kappa shape index (κ2) is 5.40. The Morgan fingerprint density at radius 3 is 2.58 bits per heavy atom. The van der Waals surface area contributed by atoms with Gasteiger partial charge in [0.05, 0.1) is 5.92 Å². The molecule has 0 aromatic carbocycles. The van der Waals surface area contributed by atoms with Gasteiger partial charge in [-0.05, 0) is 12.8 Å². The molecule has 0 heterocycles. The molecule has 5 nitrogen and oxygen atoms in total. The number of aliphatic imine (C=N–C) groups is 1. The summed E-state index contributed by atoms with van der Waals surface area (Å²) >= 11 is 0. The molecule has 1 atom stereocenters. The Morgan fingerprint density at radius 2 is 2.17 bits per heavy atom. The Kier molecular flexibility index (Phi) is 4.83. The number of hydrogen-bond acceptors (Lipinski definition) is 2. The lowest BCUT2D eigenvalue weighted by Crippen LogP contribution is -2.23. The normalized spacial score (nSPS) is 12.1. The van der Waals surface area contributed by atoms with E-state index in [0.29, 0.717) is 19.4 Å². The highest BCUT2D eigenvalue weighted by Crippen LogP contribution is 2.04. The number of nitrogens with zero attached hydrogens (tertiary/aromatic N) is 1. The van der Waals surface area contributed by atoms with E-state index in [0.717, 1.165) is 0 Å². The minimum atomic E-state index is -0.778. The maximum Gasteiger partial charge on any atom is 0.306 e. The highest BCUT2D eigenvalue weighted by Gasteiger charge is 2.08. The van der Waals surface area contributed by atoms with Crippen molar-refractivity contribution >= 4 is 11.9 Å². The third kappa shape index (κ3) is 5.52. The molecular weight excluding hydrogens is 158 g/mol. The van der Waals surface area contributed by atoms with E-state index in [-0.39, 0.29) is 11.9 Å². The van der Waals surface area contributed by atoms with E-state index in [4.69, 9.17) is 16.6 Å². The van der Waals surface area contributed by atoms with Crippen LogP contribution in [-0.2, 0) is 4.79 Å². The number of aliphatic carboxylic acids is 1. The molecule has 5 heteroatoms. The zero-order valence-corrected chi connectivity index (χ0v) is 7.16. The Balaban J connectivity index is 3.44. The van der Waals surface area contributed by atoms with Gasteiger partial charge >= 0.3 is 5.97 Å². The van der Waals surface area contributed by atoms with Gasteiger partial charge in [-0.2, -0.15) is 0 Å². The minimum absolute atomic E-state index is 0.0537. The molecule has 0 amide bonds. The highest BCUT2D eigenvalue weighted by atomic mass is 16.4. The first-order chi connectivity index (χ1) is 5.54. The maximum atomic E-state index is 10.3. The van der Waals surface area contributed by atoms with E-state index in [9.17, 15) is 4.79 Å². The van der Waals surface area contributed by atoms with Gasteiger partial charge in [-0.15, -0.1) is 0 Å². The Labute approximate surface area is 71.5 Å². The van der Waals surface area contributed by atoms with Crippen molar-refractivity contribution in [3.8, 4) is 0 Å². The van der Waals surface area contributed by atoms with Crippen LogP contribution >= 0.6 is 0 Å². The lowest BCUT2D eigenvalue weighted by atomic mass is 10.1. The highest BCUT2D eigenvalue weighted by molar-refractivity contribution is 5.75. The van der Waals surface area contributed by atoms with Gasteiger partial charge in [-0.3, -0.25) is 9.79 Å². The number of carboxylic acid groups (broad SMARTS) is 1. The fourth-order valence-corrected chi connectivity index (χ4v) is 0.729. The molecule has 0 aliphatic carbocycles. The number of nitrogens with two attached hydrogens (primary N) is 2. The maximum absolute atomic E-state index is 10.3. The molecule has 0 aromatic heterocycles. The van der Waals surface area contributed by atoms with Crippen LogP contribution in [0.25, 0.3) is 0 Å². The van der Waals surface area contributed by atoms with E-state index in [1.54, 1.807) is 6.92 Å². The summed E-state index contributed by atoms with van der Waals surface area (Å²) in [6.07, 6.45) is 1.30. The number of carboxylic acids is 1. The van der Waals surface area contributed by atoms with Crippen molar-refractivity contribution in [1.82, 2.24) is 0 Å². The van der Waals surface area contributed by atoms with Crippen molar-refractivity contribution in [2.75, 3.05) is 6.54 Å². The van der Waals surface area contributed by atoms with Crippen LogP contribution in [0, 0.1) is 5.92 Å². The van der Waals surface area contributed by atoms with Gasteiger partial charge in [0.1, 0.15) is 0 Å². The van der Waals surface area contributed by atoms with E-state index < -0.39 is 5.97 Å². The molecule has 70 valence electrons. The predicted octanol–water partition coefficient (Wildman–Crippen LogP) is -0.239. The predicted molar refractivity (Wildman–Crippen MR) is 46.7 cm³/mol. The molecule has 0 saturated carbocycles. The summed E-state index contributed by atoms with van der Waals surface area (Å²) in [6, 6.07) is 0. The van der Waals surface area contributed by atoms with E-state index in [1.807, 2.05) is 0 Å². The van der Waals surface area contributed by atoms with Crippen LogP contribution in [0.4, 0.5) is 0 Å². The van der Waals surface area contributed by atoms with Crippen LogP contribution in [0.3, 0.4) is 0 Å². The van der Waals surface area contributed by atoms with Crippen molar-refractivity contribution < 1.29 is 9.90 Å². The summed E-state index contributed by atoms with van der Waals surface area (Å²) in [4.78, 5) is 14.1. The molecular formula is C7H15N3O2. The summed E-state index contributed by atoms with van der Waals surface area (Å²) in [5, 5.41) is 8.51. The molecule has 0 aliphatic rings. The molecule has 0 bridgehead atoms. The number of rotatable bonds is 5. The van der Waals surface area contributed by atoms with Crippen LogP contribution < -0.4 is 11.5 Å². The fourth-order valence-electron chi connectivity index (χ4n) is 0.729. The first kappa shape index (κ1) is 10.7. The zero-order chi connectivity index (χ0) is 9.56. The van der Waals surface area contributed by atoms with Crippen LogP contribution in [0.5, 0.6) is 0 Å². The second-order valence-electron chi connectivity index (χ2n) is 2.69. The largest absolute Gasteiger partial charge is 0.481 e. The van der Waals surface area contributed by atoms with Gasteiger partial charge in [0.2, 0.25) is 0 Å². The Bertz CT molecular complexity index is 175. The summed E-state index contributed by atoms with van der Waals surface area (Å²) in [7, 11) is 0. The second-order valence-corrected chi connectivity index (χ2v) is 2.69. The number of hydrogen-bond donors (Lipinski definition) is 3. The zero-order valence-electron chi connectivity index (χ0n) is 7.16. The Hall–Kier alpha value is -1.26. The number of guanidine groups is 1. The first-order valence-corrected chi connectivity index (χ1v) is 3.82. The molecule has 0 aliphatic heterocycles. The third-order valence-corrected chi connectivity index (χ3v) is 1.51. The summed E-state index contributed by atoms with van der Waals surface area (Å²) in [5.41, 5.74) is 10.2. The molecule has 12 heavy (non-hydrogen) atoms. The SMILES string of the molecule is C[C@@H](CCCN=C(N)N)C(=O)O. The average molecular weight is 173 g/mol. The van der Waals surface area contributed by atoms with Gasteiger partial charge in [0.25, 0.3) is 0 Å². The standard InChI is InChI=1S/C7H15N3O2/c1-5(6(11)12)3-2-4-10-7(8)9/h5H,2-4H2,1H3,(H,11,12)(H4,8,9,10)/t5-/m0/s1. The molecule has 0 aromatic rings. The van der Waals surface area contributed by atoms with Gasteiger partial charge in [0, 0.05) is 6.54 Å². The summed E-state index contributed by atoms with van der Waals surface area (Å²) in [5.74, 6) is -1.04. The average Bonchev–Trinajstić information content (AvgIpc) is 1.97. The first-order valence-electron chi connectivity index (χ1n) is 3.82. The topological polar surface area (TPSA) is 102 Å². The Morgan fingerprint density at radius 1 is 1.58 bits per heavy atom. The molecule has 0 fully saturated rings. The quantitative estimate of drug-likeness (QED) is 0.303. The molecule has 0 unspecified atom stereocenters. The van der Waals surface area contributed by atoms with Crippen molar-refractivity contribution in [1.29, 1.82) is 0 Å². The van der Waals surface area contributed by atoms with Gasteiger partial charge in [-0.25, -0.2) is 0 Å². The lowest BCUT2D eigenvalue weighted by molar-refractivity contribution is -0.141. The number of carbonyl (C=O) groups is 1. The van der Waals surface area contributed by atoms with E-state index in [2.05, 4.69) is 4.99 Å².